The van der Waals surface area contributed by atoms with Crippen LogP contribution in [0.2, 0.25) is 5.02 Å². The van der Waals surface area contributed by atoms with E-state index in [0.717, 1.165) is 37.3 Å². The molecule has 1 saturated heterocycles. The largest absolute Gasteiger partial charge is 0.347 e. The summed E-state index contributed by atoms with van der Waals surface area (Å²) in [6.07, 6.45) is 0. The molecule has 0 aliphatic carbocycles. The zero-order chi connectivity index (χ0) is 21.8. The molecule has 0 N–H and O–H groups in total. The average molecular weight is 440 g/mol. The summed E-state index contributed by atoms with van der Waals surface area (Å²) < 4.78 is 5.46. The number of hydrogen-bond donors (Lipinski definition) is 0. The van der Waals surface area contributed by atoms with Gasteiger partial charge in [-0.05, 0) is 29.8 Å². The smallest absolute Gasteiger partial charge is 0.244 e. The standard InChI is InChI=1S/C23H26ClN5O2/c1-27(2)23(30)21(17-6-4-3-5-7-17)29-14-12-28(13-15-29)16-20-25-22(26-31-20)18-8-10-19(24)11-9-18/h3-11,21H,12-16H2,1-2H3. The number of carbonyl (C=O) groups is 1. The number of likely N-dealkylation sites (N-methyl/N-ethyl adjacent to an activating group) is 1. The van der Waals surface area contributed by atoms with E-state index in [9.17, 15) is 4.79 Å². The summed E-state index contributed by atoms with van der Waals surface area (Å²) in [5.74, 6) is 1.25. The molecule has 0 bridgehead atoms. The number of amides is 1. The quantitative estimate of drug-likeness (QED) is 0.587. The molecule has 2 aromatic carbocycles. The van der Waals surface area contributed by atoms with Gasteiger partial charge in [0.2, 0.25) is 17.6 Å². The summed E-state index contributed by atoms with van der Waals surface area (Å²) in [5.41, 5.74) is 1.90. The van der Waals surface area contributed by atoms with Crippen molar-refractivity contribution in [2.75, 3.05) is 40.3 Å². The Hall–Kier alpha value is -2.74. The fourth-order valence-electron chi connectivity index (χ4n) is 3.80. The van der Waals surface area contributed by atoms with E-state index in [1.807, 2.05) is 68.7 Å². The molecule has 0 saturated carbocycles. The molecule has 0 radical (unpaired) electrons. The maximum Gasteiger partial charge on any atom is 0.244 e. The second kappa shape index (κ2) is 9.60. The van der Waals surface area contributed by atoms with Gasteiger partial charge < -0.3 is 9.42 Å². The fourth-order valence-corrected chi connectivity index (χ4v) is 3.92. The number of benzene rings is 2. The molecule has 0 spiro atoms. The highest BCUT2D eigenvalue weighted by Crippen LogP contribution is 2.25. The Morgan fingerprint density at radius 3 is 2.39 bits per heavy atom. The molecule has 7 nitrogen and oxygen atoms in total. The van der Waals surface area contributed by atoms with Crippen LogP contribution >= 0.6 is 11.6 Å². The van der Waals surface area contributed by atoms with Crippen molar-refractivity contribution >= 4 is 17.5 Å². The van der Waals surface area contributed by atoms with Gasteiger partial charge in [-0.2, -0.15) is 4.98 Å². The van der Waals surface area contributed by atoms with Gasteiger partial charge in [0, 0.05) is 50.9 Å². The Labute approximate surface area is 187 Å². The van der Waals surface area contributed by atoms with E-state index >= 15 is 0 Å². The highest BCUT2D eigenvalue weighted by molar-refractivity contribution is 6.30. The molecule has 162 valence electrons. The van der Waals surface area contributed by atoms with E-state index in [1.54, 1.807) is 4.90 Å². The van der Waals surface area contributed by atoms with Gasteiger partial charge in [0.05, 0.1) is 6.54 Å². The summed E-state index contributed by atoms with van der Waals surface area (Å²) in [5, 5.41) is 4.76. The third-order valence-electron chi connectivity index (χ3n) is 5.49. The first-order valence-corrected chi connectivity index (χ1v) is 10.7. The van der Waals surface area contributed by atoms with Crippen molar-refractivity contribution in [3.63, 3.8) is 0 Å². The Kier molecular flexibility index (Phi) is 6.65. The number of carbonyl (C=O) groups excluding carboxylic acids is 1. The van der Waals surface area contributed by atoms with Gasteiger partial charge in [-0.1, -0.05) is 47.1 Å². The molecular formula is C23H26ClN5O2. The van der Waals surface area contributed by atoms with Crippen LogP contribution < -0.4 is 0 Å². The number of rotatable bonds is 6. The lowest BCUT2D eigenvalue weighted by molar-refractivity contribution is -0.135. The third-order valence-corrected chi connectivity index (χ3v) is 5.74. The van der Waals surface area contributed by atoms with Gasteiger partial charge in [-0.15, -0.1) is 0 Å². The summed E-state index contributed by atoms with van der Waals surface area (Å²) >= 11 is 5.94. The van der Waals surface area contributed by atoms with Crippen molar-refractivity contribution in [1.82, 2.24) is 24.8 Å². The molecule has 1 aliphatic heterocycles. The average Bonchev–Trinajstić information content (AvgIpc) is 3.24. The molecule has 1 atom stereocenters. The van der Waals surface area contributed by atoms with Gasteiger partial charge in [-0.25, -0.2) is 0 Å². The SMILES string of the molecule is CN(C)C(=O)C(c1ccccc1)N1CCN(Cc2nc(-c3ccc(Cl)cc3)no2)CC1. The van der Waals surface area contributed by atoms with Crippen molar-refractivity contribution in [2.45, 2.75) is 12.6 Å². The van der Waals surface area contributed by atoms with Crippen LogP contribution in [-0.4, -0.2) is 71.0 Å². The molecular weight excluding hydrogens is 414 g/mol. The second-order valence-corrected chi connectivity index (χ2v) is 8.31. The first-order valence-electron chi connectivity index (χ1n) is 10.3. The molecule has 1 aliphatic rings. The second-order valence-electron chi connectivity index (χ2n) is 7.88. The van der Waals surface area contributed by atoms with Crippen LogP contribution in [0.3, 0.4) is 0 Å². The van der Waals surface area contributed by atoms with E-state index in [0.29, 0.717) is 23.3 Å². The molecule has 8 heteroatoms. The molecule has 1 unspecified atom stereocenters. The zero-order valence-corrected chi connectivity index (χ0v) is 18.5. The topological polar surface area (TPSA) is 65.7 Å². The van der Waals surface area contributed by atoms with E-state index in [1.165, 1.54) is 0 Å². The van der Waals surface area contributed by atoms with E-state index < -0.39 is 0 Å². The molecule has 4 rings (SSSR count). The number of halogens is 1. The van der Waals surface area contributed by atoms with Crippen LogP contribution in [0.1, 0.15) is 17.5 Å². The Morgan fingerprint density at radius 2 is 1.74 bits per heavy atom. The van der Waals surface area contributed by atoms with Crippen molar-refractivity contribution in [3.8, 4) is 11.4 Å². The lowest BCUT2D eigenvalue weighted by atomic mass is 10.0. The number of hydrogen-bond acceptors (Lipinski definition) is 6. The predicted molar refractivity (Wildman–Crippen MR) is 119 cm³/mol. The Morgan fingerprint density at radius 1 is 1.06 bits per heavy atom. The number of piperazine rings is 1. The van der Waals surface area contributed by atoms with Gasteiger partial charge >= 0.3 is 0 Å². The molecule has 1 amide bonds. The molecule has 1 fully saturated rings. The molecule has 3 aromatic rings. The third kappa shape index (κ3) is 5.12. The lowest BCUT2D eigenvalue weighted by Gasteiger charge is -2.39. The first-order chi connectivity index (χ1) is 15.0. The normalized spacial score (nSPS) is 16.2. The highest BCUT2D eigenvalue weighted by Gasteiger charge is 2.31. The first kappa shape index (κ1) is 21.5. The molecule has 2 heterocycles. The predicted octanol–water partition coefficient (Wildman–Crippen LogP) is 3.34. The van der Waals surface area contributed by atoms with Gasteiger partial charge in [0.25, 0.3) is 0 Å². The highest BCUT2D eigenvalue weighted by atomic mass is 35.5. The van der Waals surface area contributed by atoms with Crippen LogP contribution in [0.5, 0.6) is 0 Å². The van der Waals surface area contributed by atoms with Gasteiger partial charge in [-0.3, -0.25) is 14.6 Å². The van der Waals surface area contributed by atoms with Gasteiger partial charge in [0.15, 0.2) is 0 Å². The van der Waals surface area contributed by atoms with Crippen LogP contribution in [0.25, 0.3) is 11.4 Å². The number of aromatic nitrogens is 2. The molecule has 31 heavy (non-hydrogen) atoms. The van der Waals surface area contributed by atoms with Gasteiger partial charge in [0.1, 0.15) is 6.04 Å². The fraction of sp³-hybridized carbons (Fsp3) is 0.348. The minimum Gasteiger partial charge on any atom is -0.347 e. The van der Waals surface area contributed by atoms with Crippen LogP contribution in [0, 0.1) is 0 Å². The van der Waals surface area contributed by atoms with Crippen LogP contribution in [0.15, 0.2) is 59.1 Å². The summed E-state index contributed by atoms with van der Waals surface area (Å²) in [4.78, 5) is 23.6. The lowest BCUT2D eigenvalue weighted by Crippen LogP contribution is -2.50. The van der Waals surface area contributed by atoms with Crippen LogP contribution in [-0.2, 0) is 11.3 Å². The zero-order valence-electron chi connectivity index (χ0n) is 17.7. The summed E-state index contributed by atoms with van der Waals surface area (Å²) in [6.45, 7) is 3.81. The minimum atomic E-state index is -0.265. The maximum atomic E-state index is 12.9. The van der Waals surface area contributed by atoms with Crippen molar-refractivity contribution in [1.29, 1.82) is 0 Å². The Bertz CT molecular complexity index is 998. The monoisotopic (exact) mass is 439 g/mol. The summed E-state index contributed by atoms with van der Waals surface area (Å²) in [6, 6.07) is 17.1. The van der Waals surface area contributed by atoms with E-state index in [2.05, 4.69) is 19.9 Å². The molecule has 1 aromatic heterocycles. The van der Waals surface area contributed by atoms with Crippen LogP contribution in [0.4, 0.5) is 0 Å². The summed E-state index contributed by atoms with van der Waals surface area (Å²) in [7, 11) is 3.62. The van der Waals surface area contributed by atoms with Crippen molar-refractivity contribution < 1.29 is 9.32 Å². The Balaban J connectivity index is 1.39. The minimum absolute atomic E-state index is 0.101. The van der Waals surface area contributed by atoms with Crippen molar-refractivity contribution in [3.05, 3.63) is 71.1 Å². The van der Waals surface area contributed by atoms with E-state index in [4.69, 9.17) is 16.1 Å². The number of nitrogens with zero attached hydrogens (tertiary/aromatic N) is 5. The van der Waals surface area contributed by atoms with Crippen molar-refractivity contribution in [2.24, 2.45) is 0 Å². The maximum absolute atomic E-state index is 12.9. The van der Waals surface area contributed by atoms with E-state index in [-0.39, 0.29) is 11.9 Å².